The molecule has 0 saturated carbocycles. The highest BCUT2D eigenvalue weighted by molar-refractivity contribution is 6.00. The van der Waals surface area contributed by atoms with Crippen molar-refractivity contribution >= 4 is 17.5 Å². The summed E-state index contributed by atoms with van der Waals surface area (Å²) in [5.41, 5.74) is 0.305. The molecule has 2 heterocycles. The van der Waals surface area contributed by atoms with Gasteiger partial charge in [0.05, 0.1) is 18.6 Å². The van der Waals surface area contributed by atoms with Crippen molar-refractivity contribution in [3.05, 3.63) is 64.8 Å². The molecule has 27 heavy (non-hydrogen) atoms. The maximum atomic E-state index is 13.0. The highest BCUT2D eigenvalue weighted by Gasteiger charge is 2.35. The fraction of sp³-hybridized carbons (Fsp3) is 0.316. The molecule has 2 amide bonds. The van der Waals surface area contributed by atoms with E-state index in [1.54, 1.807) is 18.3 Å². The third-order valence-corrected chi connectivity index (χ3v) is 4.45. The molecular formula is C19H20FN3O4. The first-order valence-electron chi connectivity index (χ1n) is 8.61. The molecule has 7 nitrogen and oxygen atoms in total. The van der Waals surface area contributed by atoms with Gasteiger partial charge in [-0.15, -0.1) is 0 Å². The minimum absolute atomic E-state index is 0.0264. The molecule has 1 fully saturated rings. The van der Waals surface area contributed by atoms with Crippen LogP contribution in [0.15, 0.2) is 53.5 Å². The summed E-state index contributed by atoms with van der Waals surface area (Å²) in [6.45, 7) is 0.233. The number of nitrogens with one attached hydrogen (secondary N) is 1. The number of aromatic nitrogens is 1. The molecule has 2 N–H and O–H groups in total. The molecule has 0 bridgehead atoms. The molecule has 1 aliphatic rings. The van der Waals surface area contributed by atoms with Gasteiger partial charge in [0.15, 0.2) is 0 Å². The van der Waals surface area contributed by atoms with Crippen molar-refractivity contribution in [3.8, 4) is 0 Å². The molecule has 1 aromatic carbocycles. The zero-order valence-corrected chi connectivity index (χ0v) is 14.5. The van der Waals surface area contributed by atoms with Gasteiger partial charge in [-0.2, -0.15) is 0 Å². The Bertz CT molecular complexity index is 881. The Morgan fingerprint density at radius 3 is 2.67 bits per heavy atom. The fourth-order valence-corrected chi connectivity index (χ4v) is 3.02. The Morgan fingerprint density at radius 2 is 1.96 bits per heavy atom. The lowest BCUT2D eigenvalue weighted by atomic mass is 10.1. The Balaban J connectivity index is 1.52. The third kappa shape index (κ3) is 4.59. The second-order valence-corrected chi connectivity index (χ2v) is 6.47. The van der Waals surface area contributed by atoms with E-state index in [1.165, 1.54) is 39.8 Å². The lowest BCUT2D eigenvalue weighted by Gasteiger charge is -2.17. The number of rotatable bonds is 6. The van der Waals surface area contributed by atoms with Gasteiger partial charge in [-0.1, -0.05) is 6.07 Å². The van der Waals surface area contributed by atoms with Crippen molar-refractivity contribution in [1.29, 1.82) is 0 Å². The highest BCUT2D eigenvalue weighted by Crippen LogP contribution is 2.25. The van der Waals surface area contributed by atoms with E-state index in [4.69, 9.17) is 0 Å². The summed E-state index contributed by atoms with van der Waals surface area (Å²) in [6, 6.07) is 10.2. The van der Waals surface area contributed by atoms with Crippen LogP contribution in [0.5, 0.6) is 0 Å². The van der Waals surface area contributed by atoms with Gasteiger partial charge in [0.1, 0.15) is 5.82 Å². The Kier molecular flexibility index (Phi) is 5.66. The van der Waals surface area contributed by atoms with E-state index < -0.39 is 17.8 Å². The average molecular weight is 373 g/mol. The van der Waals surface area contributed by atoms with Crippen LogP contribution in [0, 0.1) is 11.7 Å². The maximum absolute atomic E-state index is 13.0. The first-order valence-corrected chi connectivity index (χ1v) is 8.61. The van der Waals surface area contributed by atoms with E-state index in [-0.39, 0.29) is 43.4 Å². The first-order chi connectivity index (χ1) is 12.9. The molecule has 1 aromatic heterocycles. The number of nitrogens with zero attached hydrogens (tertiary/aromatic N) is 2. The molecular weight excluding hydrogens is 353 g/mol. The Labute approximate surface area is 155 Å². The molecule has 8 heteroatoms. The molecule has 2 unspecified atom stereocenters. The molecule has 0 radical (unpaired) electrons. The molecule has 2 aromatic rings. The zero-order valence-electron chi connectivity index (χ0n) is 14.5. The summed E-state index contributed by atoms with van der Waals surface area (Å²) in [4.78, 5) is 37.5. The van der Waals surface area contributed by atoms with Crippen LogP contribution in [0.4, 0.5) is 10.1 Å². The summed E-state index contributed by atoms with van der Waals surface area (Å²) in [6.07, 6.45) is 0.681. The van der Waals surface area contributed by atoms with Gasteiger partial charge < -0.3 is 19.9 Å². The Hall–Kier alpha value is -3.00. The van der Waals surface area contributed by atoms with Crippen LogP contribution in [0.25, 0.3) is 0 Å². The number of hydrogen-bond donors (Lipinski definition) is 2. The summed E-state index contributed by atoms with van der Waals surface area (Å²) in [5, 5.41) is 12.7. The van der Waals surface area contributed by atoms with Gasteiger partial charge in [-0.3, -0.25) is 14.4 Å². The van der Waals surface area contributed by atoms with Crippen molar-refractivity contribution in [1.82, 2.24) is 9.88 Å². The van der Waals surface area contributed by atoms with Crippen LogP contribution in [0.3, 0.4) is 0 Å². The molecule has 0 aliphatic carbocycles. The van der Waals surface area contributed by atoms with Crippen molar-refractivity contribution in [2.24, 2.45) is 5.92 Å². The molecule has 0 spiro atoms. The Morgan fingerprint density at radius 1 is 1.22 bits per heavy atom. The third-order valence-electron chi connectivity index (χ3n) is 4.45. The molecule has 1 aliphatic heterocycles. The standard InChI is InChI=1S/C19H20FN3O4/c20-14-4-6-15(7-5-14)23-11-13(9-18(23)26)19(27)21-10-16(24)12-22-8-2-1-3-17(22)25/h1-8,13,16,24H,9-12H2,(H,21,27). The highest BCUT2D eigenvalue weighted by atomic mass is 19.1. The predicted molar refractivity (Wildman–Crippen MR) is 96.6 cm³/mol. The quantitative estimate of drug-likeness (QED) is 0.772. The SMILES string of the molecule is O=C(NCC(O)Cn1ccccc1=O)C1CC(=O)N(c2ccc(F)cc2)C1. The topological polar surface area (TPSA) is 91.6 Å². The molecule has 142 valence electrons. The summed E-state index contributed by atoms with van der Waals surface area (Å²) in [5.74, 6) is -1.49. The summed E-state index contributed by atoms with van der Waals surface area (Å²) >= 11 is 0. The number of halogens is 1. The lowest BCUT2D eigenvalue weighted by Crippen LogP contribution is -2.39. The summed E-state index contributed by atoms with van der Waals surface area (Å²) < 4.78 is 14.4. The van der Waals surface area contributed by atoms with E-state index in [2.05, 4.69) is 5.32 Å². The van der Waals surface area contributed by atoms with Crippen LogP contribution >= 0.6 is 0 Å². The van der Waals surface area contributed by atoms with Crippen molar-refractivity contribution in [2.75, 3.05) is 18.0 Å². The number of carbonyl (C=O) groups excluding carboxylic acids is 2. The second kappa shape index (κ2) is 8.13. The van der Waals surface area contributed by atoms with Gasteiger partial charge >= 0.3 is 0 Å². The minimum Gasteiger partial charge on any atom is -0.389 e. The van der Waals surface area contributed by atoms with E-state index in [9.17, 15) is 23.9 Å². The molecule has 3 rings (SSSR count). The maximum Gasteiger partial charge on any atom is 0.250 e. The number of benzene rings is 1. The van der Waals surface area contributed by atoms with Crippen LogP contribution in [0.2, 0.25) is 0 Å². The van der Waals surface area contributed by atoms with Gasteiger partial charge in [-0.25, -0.2) is 4.39 Å². The number of pyridine rings is 1. The normalized spacial score (nSPS) is 17.8. The van der Waals surface area contributed by atoms with Crippen LogP contribution in [0.1, 0.15) is 6.42 Å². The zero-order chi connectivity index (χ0) is 19.4. The number of anilines is 1. The van der Waals surface area contributed by atoms with E-state index >= 15 is 0 Å². The van der Waals surface area contributed by atoms with E-state index in [0.29, 0.717) is 5.69 Å². The van der Waals surface area contributed by atoms with Gasteiger partial charge in [0, 0.05) is 37.5 Å². The monoisotopic (exact) mass is 373 g/mol. The number of carbonyl (C=O) groups is 2. The predicted octanol–water partition coefficient (Wildman–Crippen LogP) is 0.518. The molecule has 1 saturated heterocycles. The van der Waals surface area contributed by atoms with Crippen molar-refractivity contribution in [2.45, 2.75) is 19.1 Å². The van der Waals surface area contributed by atoms with E-state index in [0.717, 1.165) is 0 Å². The number of aliphatic hydroxyl groups is 1. The fourth-order valence-electron chi connectivity index (χ4n) is 3.02. The van der Waals surface area contributed by atoms with Crippen molar-refractivity contribution < 1.29 is 19.1 Å². The van der Waals surface area contributed by atoms with Gasteiger partial charge in [0.2, 0.25) is 11.8 Å². The van der Waals surface area contributed by atoms with Gasteiger partial charge in [-0.05, 0) is 30.3 Å². The van der Waals surface area contributed by atoms with Crippen LogP contribution in [-0.4, -0.2) is 40.7 Å². The van der Waals surface area contributed by atoms with Crippen LogP contribution in [-0.2, 0) is 16.1 Å². The van der Waals surface area contributed by atoms with E-state index in [1.807, 2.05) is 0 Å². The average Bonchev–Trinajstić information content (AvgIpc) is 3.04. The minimum atomic E-state index is -0.931. The molecule has 2 atom stereocenters. The number of hydrogen-bond acceptors (Lipinski definition) is 4. The summed E-state index contributed by atoms with van der Waals surface area (Å²) in [7, 11) is 0. The first kappa shape index (κ1) is 18.8. The number of aliphatic hydroxyl groups excluding tert-OH is 1. The van der Waals surface area contributed by atoms with Crippen molar-refractivity contribution in [3.63, 3.8) is 0 Å². The largest absolute Gasteiger partial charge is 0.389 e. The number of amides is 2. The van der Waals surface area contributed by atoms with Crippen LogP contribution < -0.4 is 15.8 Å². The smallest absolute Gasteiger partial charge is 0.250 e. The lowest BCUT2D eigenvalue weighted by molar-refractivity contribution is -0.126. The van der Waals surface area contributed by atoms with Gasteiger partial charge in [0.25, 0.3) is 5.56 Å². The second-order valence-electron chi connectivity index (χ2n) is 6.47.